The summed E-state index contributed by atoms with van der Waals surface area (Å²) in [5.74, 6) is 1.02. The van der Waals surface area contributed by atoms with E-state index in [0.717, 1.165) is 32.0 Å². The van der Waals surface area contributed by atoms with Crippen molar-refractivity contribution in [1.82, 2.24) is 15.1 Å². The van der Waals surface area contributed by atoms with Crippen LogP contribution in [0.15, 0.2) is 24.3 Å². The molecule has 3 aliphatic heterocycles. The average Bonchev–Trinajstić information content (AvgIpc) is 3.03. The lowest BCUT2D eigenvalue weighted by Crippen LogP contribution is -2.51. The van der Waals surface area contributed by atoms with Crippen LogP contribution >= 0.6 is 0 Å². The highest BCUT2D eigenvalue weighted by Gasteiger charge is 2.40. The largest absolute Gasteiger partial charge is 0.338 e. The van der Waals surface area contributed by atoms with Gasteiger partial charge in [-0.05, 0) is 62.4 Å². The predicted molar refractivity (Wildman–Crippen MR) is 100 cm³/mol. The number of benzene rings is 1. The lowest BCUT2D eigenvalue weighted by atomic mass is 9.74. The zero-order valence-electron chi connectivity index (χ0n) is 15.5. The Morgan fingerprint density at radius 1 is 1.28 bits per heavy atom. The number of hydrogen-bond acceptors (Lipinski definition) is 3. The molecule has 136 valence electrons. The summed E-state index contributed by atoms with van der Waals surface area (Å²) in [7, 11) is 0. The SMILES string of the molecule is CC(=O)N1Cc2ccccc2CC2(CCCN(CC3CCNC3)C2)C1. The van der Waals surface area contributed by atoms with Gasteiger partial charge < -0.3 is 15.1 Å². The third-order valence-corrected chi connectivity index (χ3v) is 6.44. The van der Waals surface area contributed by atoms with E-state index in [4.69, 9.17) is 0 Å². The zero-order chi connectivity index (χ0) is 17.3. The van der Waals surface area contributed by atoms with Crippen LogP contribution in [-0.2, 0) is 17.8 Å². The number of fused-ring (bicyclic) bond motifs is 1. The highest BCUT2D eigenvalue weighted by molar-refractivity contribution is 5.73. The lowest BCUT2D eigenvalue weighted by Gasteiger charge is -2.45. The summed E-state index contributed by atoms with van der Waals surface area (Å²) in [6.45, 7) is 9.35. The van der Waals surface area contributed by atoms with Crippen molar-refractivity contribution < 1.29 is 4.79 Å². The van der Waals surface area contributed by atoms with Crippen LogP contribution in [-0.4, -0.2) is 55.0 Å². The number of nitrogens with zero attached hydrogens (tertiary/aromatic N) is 2. The van der Waals surface area contributed by atoms with Gasteiger partial charge in [0.2, 0.25) is 5.91 Å². The molecule has 3 aliphatic rings. The standard InChI is InChI=1S/C21H31N3O/c1-17(25)24-14-20-6-3-2-5-19(20)11-21(16-24)8-4-10-23(15-21)13-18-7-9-22-12-18/h2-3,5-6,18,22H,4,7-16H2,1H3. The summed E-state index contributed by atoms with van der Waals surface area (Å²) in [5.41, 5.74) is 3.02. The molecule has 4 heteroatoms. The smallest absolute Gasteiger partial charge is 0.219 e. The Hall–Kier alpha value is -1.39. The van der Waals surface area contributed by atoms with E-state index in [0.29, 0.717) is 0 Å². The van der Waals surface area contributed by atoms with E-state index < -0.39 is 0 Å². The summed E-state index contributed by atoms with van der Waals surface area (Å²) >= 11 is 0. The Balaban J connectivity index is 1.56. The number of nitrogens with one attached hydrogen (secondary N) is 1. The number of rotatable bonds is 2. The number of amides is 1. The molecule has 2 saturated heterocycles. The van der Waals surface area contributed by atoms with Gasteiger partial charge in [0.15, 0.2) is 0 Å². The Kier molecular flexibility index (Phi) is 4.83. The quantitative estimate of drug-likeness (QED) is 0.896. The van der Waals surface area contributed by atoms with Crippen LogP contribution in [0.1, 0.15) is 37.3 Å². The maximum Gasteiger partial charge on any atom is 0.219 e. The summed E-state index contributed by atoms with van der Waals surface area (Å²) in [5, 5.41) is 3.50. The molecule has 0 aliphatic carbocycles. The molecule has 1 aromatic carbocycles. The van der Waals surface area contributed by atoms with E-state index in [1.165, 1.54) is 56.6 Å². The highest BCUT2D eigenvalue weighted by Crippen LogP contribution is 2.38. The number of carbonyl (C=O) groups is 1. The first-order chi connectivity index (χ1) is 12.1. The molecule has 2 atom stereocenters. The van der Waals surface area contributed by atoms with Gasteiger partial charge in [-0.15, -0.1) is 0 Å². The molecule has 0 saturated carbocycles. The maximum atomic E-state index is 12.3. The third kappa shape index (κ3) is 3.75. The van der Waals surface area contributed by atoms with Crippen molar-refractivity contribution in [2.24, 2.45) is 11.3 Å². The average molecular weight is 341 g/mol. The predicted octanol–water partition coefficient (Wildman–Crippen LogP) is 2.28. The Bertz CT molecular complexity index is 625. The second kappa shape index (κ2) is 7.08. The Morgan fingerprint density at radius 2 is 2.12 bits per heavy atom. The number of piperidine rings is 1. The van der Waals surface area contributed by atoms with Crippen molar-refractivity contribution in [2.75, 3.05) is 39.3 Å². The van der Waals surface area contributed by atoms with Crippen LogP contribution in [0.25, 0.3) is 0 Å². The molecule has 4 rings (SSSR count). The zero-order valence-corrected chi connectivity index (χ0v) is 15.5. The topological polar surface area (TPSA) is 35.6 Å². The fraction of sp³-hybridized carbons (Fsp3) is 0.667. The molecule has 0 radical (unpaired) electrons. The first-order valence-electron chi connectivity index (χ1n) is 9.89. The maximum absolute atomic E-state index is 12.3. The lowest BCUT2D eigenvalue weighted by molar-refractivity contribution is -0.131. The molecule has 2 fully saturated rings. The summed E-state index contributed by atoms with van der Waals surface area (Å²) in [6, 6.07) is 8.74. The van der Waals surface area contributed by atoms with E-state index in [1.807, 2.05) is 0 Å². The normalized spacial score (nSPS) is 30.3. The molecule has 0 aromatic heterocycles. The molecule has 3 heterocycles. The van der Waals surface area contributed by atoms with E-state index in [-0.39, 0.29) is 11.3 Å². The van der Waals surface area contributed by atoms with Gasteiger partial charge in [-0.1, -0.05) is 24.3 Å². The minimum Gasteiger partial charge on any atom is -0.338 e. The first kappa shape index (κ1) is 17.0. The summed E-state index contributed by atoms with van der Waals surface area (Å²) in [6.07, 6.45) is 4.93. The van der Waals surface area contributed by atoms with Crippen LogP contribution in [0.4, 0.5) is 0 Å². The van der Waals surface area contributed by atoms with Crippen LogP contribution in [0, 0.1) is 11.3 Å². The Morgan fingerprint density at radius 3 is 2.88 bits per heavy atom. The van der Waals surface area contributed by atoms with Crippen molar-refractivity contribution in [1.29, 1.82) is 0 Å². The molecule has 0 bridgehead atoms. The van der Waals surface area contributed by atoms with E-state index in [2.05, 4.69) is 39.4 Å². The van der Waals surface area contributed by atoms with Crippen LogP contribution < -0.4 is 5.32 Å². The fourth-order valence-corrected chi connectivity index (χ4v) is 5.21. The summed E-state index contributed by atoms with van der Waals surface area (Å²) in [4.78, 5) is 17.0. The van der Waals surface area contributed by atoms with Crippen molar-refractivity contribution in [3.05, 3.63) is 35.4 Å². The minimum absolute atomic E-state index is 0.216. The van der Waals surface area contributed by atoms with Crippen LogP contribution in [0.2, 0.25) is 0 Å². The van der Waals surface area contributed by atoms with Crippen LogP contribution in [0.3, 0.4) is 0 Å². The monoisotopic (exact) mass is 341 g/mol. The van der Waals surface area contributed by atoms with Gasteiger partial charge >= 0.3 is 0 Å². The fourth-order valence-electron chi connectivity index (χ4n) is 5.21. The van der Waals surface area contributed by atoms with Gasteiger partial charge in [0.25, 0.3) is 0 Å². The number of carbonyl (C=O) groups excluding carboxylic acids is 1. The molecular formula is C21H31N3O. The Labute approximate surface area is 151 Å². The van der Waals surface area contributed by atoms with E-state index in [9.17, 15) is 4.79 Å². The first-order valence-corrected chi connectivity index (χ1v) is 9.89. The van der Waals surface area contributed by atoms with Gasteiger partial charge in [0, 0.05) is 38.5 Å². The second-order valence-electron chi connectivity index (χ2n) is 8.52. The molecule has 25 heavy (non-hydrogen) atoms. The summed E-state index contributed by atoms with van der Waals surface area (Å²) < 4.78 is 0. The van der Waals surface area contributed by atoms with Crippen molar-refractivity contribution in [3.8, 4) is 0 Å². The number of likely N-dealkylation sites (tertiary alicyclic amines) is 1. The number of hydrogen-bond donors (Lipinski definition) is 1. The molecule has 1 N–H and O–H groups in total. The van der Waals surface area contributed by atoms with Crippen LogP contribution in [0.5, 0.6) is 0 Å². The van der Waals surface area contributed by atoms with Gasteiger partial charge in [-0.3, -0.25) is 4.79 Å². The molecule has 2 unspecified atom stereocenters. The molecule has 1 amide bonds. The molecule has 1 spiro atoms. The van der Waals surface area contributed by atoms with Gasteiger partial charge in [-0.25, -0.2) is 0 Å². The molecular weight excluding hydrogens is 310 g/mol. The van der Waals surface area contributed by atoms with Crippen molar-refractivity contribution >= 4 is 5.91 Å². The van der Waals surface area contributed by atoms with Crippen molar-refractivity contribution in [3.63, 3.8) is 0 Å². The molecule has 1 aromatic rings. The van der Waals surface area contributed by atoms with Crippen molar-refractivity contribution in [2.45, 2.75) is 39.2 Å². The minimum atomic E-state index is 0.216. The second-order valence-corrected chi connectivity index (χ2v) is 8.52. The van der Waals surface area contributed by atoms with E-state index in [1.54, 1.807) is 6.92 Å². The third-order valence-electron chi connectivity index (χ3n) is 6.44. The highest BCUT2D eigenvalue weighted by atomic mass is 16.2. The molecule has 4 nitrogen and oxygen atoms in total. The van der Waals surface area contributed by atoms with Gasteiger partial charge in [0.1, 0.15) is 0 Å². The van der Waals surface area contributed by atoms with Gasteiger partial charge in [-0.2, -0.15) is 0 Å². The van der Waals surface area contributed by atoms with Gasteiger partial charge in [0.05, 0.1) is 0 Å². The van der Waals surface area contributed by atoms with E-state index >= 15 is 0 Å².